The third-order valence-corrected chi connectivity index (χ3v) is 22.5. The summed E-state index contributed by atoms with van der Waals surface area (Å²) in [6.45, 7) is 17.2. The van der Waals surface area contributed by atoms with Crippen LogP contribution < -0.4 is 9.47 Å². The zero-order chi connectivity index (χ0) is 62.5. The number of rotatable bonds is 25. The van der Waals surface area contributed by atoms with Gasteiger partial charge in [-0.05, 0) is 199 Å². The maximum absolute atomic E-state index is 12.0. The quantitative estimate of drug-likeness (QED) is 0.0391. The Morgan fingerprint density at radius 3 is 1.11 bits per heavy atom. The average Bonchev–Trinajstić information content (AvgIpc) is 1.78. The summed E-state index contributed by atoms with van der Waals surface area (Å²) in [4.78, 5) is 35.4. The fraction of sp³-hybridized carbons (Fsp3) is 0.795. The van der Waals surface area contributed by atoms with Crippen molar-refractivity contribution < 1.29 is 85.4 Å². The van der Waals surface area contributed by atoms with Gasteiger partial charge in [0.1, 0.15) is 55.5 Å². The Kier molecular flexibility index (Phi) is 21.7. The summed E-state index contributed by atoms with van der Waals surface area (Å²) in [5, 5.41) is 0. The number of fused-ring (bicyclic) bond motifs is 4. The summed E-state index contributed by atoms with van der Waals surface area (Å²) in [5.74, 6) is 3.86. The van der Waals surface area contributed by atoms with E-state index in [2.05, 4.69) is 52.0 Å². The molecule has 14 aliphatic rings. The molecule has 0 spiro atoms. The van der Waals surface area contributed by atoms with Crippen molar-refractivity contribution in [2.45, 2.75) is 253 Å². The molecule has 0 amide bonds. The second kappa shape index (κ2) is 30.0. The van der Waals surface area contributed by atoms with Crippen molar-refractivity contribution in [3.05, 3.63) is 59.7 Å². The molecule has 8 saturated heterocycles. The van der Waals surface area contributed by atoms with Gasteiger partial charge in [0.2, 0.25) is 0 Å². The maximum Gasteiger partial charge on any atom is 0.317 e. The Bertz CT molecular complexity index is 2510. The highest BCUT2D eigenvalue weighted by molar-refractivity contribution is 5.91. The first-order valence-corrected chi connectivity index (χ1v) is 35.4. The lowest BCUT2D eigenvalue weighted by molar-refractivity contribution is -0.156. The van der Waals surface area contributed by atoms with Gasteiger partial charge in [-0.25, -0.2) is 0 Å². The van der Waals surface area contributed by atoms with E-state index in [9.17, 15) is 14.4 Å². The fourth-order valence-electron chi connectivity index (χ4n) is 15.4. The van der Waals surface area contributed by atoms with Crippen LogP contribution in [0.4, 0.5) is 0 Å². The average molecular weight is 1270 g/mol. The second-order valence-electron chi connectivity index (χ2n) is 30.1. The molecule has 16 unspecified atom stereocenters. The Morgan fingerprint density at radius 2 is 0.747 bits per heavy atom. The van der Waals surface area contributed by atoms with Gasteiger partial charge in [0.05, 0.1) is 126 Å². The van der Waals surface area contributed by atoms with Crippen LogP contribution in [0.15, 0.2) is 48.5 Å². The first kappa shape index (κ1) is 65.7. The molecule has 18 nitrogen and oxygen atoms in total. The molecule has 8 aliphatic heterocycles. The molecular formula is C73H104O18. The molecule has 16 atom stereocenters. The fourth-order valence-corrected chi connectivity index (χ4v) is 15.4. The molecule has 2 aromatic carbocycles. The standard InChI is InChI=1S/C21H36O4.C21H24O4.C17H24O6.C14H20O4/c2*1-21(2,15-3-7-17(8-4-15)22-11-19-13-24-19)16-5-9-18(10-6-16)23-12-20-14-25-20;18-16(20-8-10-1-3-12-14(5-10)22-12)7-17(19)21-9-11-2-4-13-15(6-11)23-13;15-14(9-2-4-11-13(6-9)18-11)16-7-8-1-3-10-12(5-8)17-10/h15-20H,3-14H2,1-2H3;3-10,19-20H,11-14H2,1-2H3;10-15H,1-9H2;8-13H,1-7H2. The third-order valence-electron chi connectivity index (χ3n) is 22.5. The van der Waals surface area contributed by atoms with E-state index < -0.39 is 11.9 Å². The first-order valence-electron chi connectivity index (χ1n) is 35.4. The molecule has 14 fully saturated rings. The van der Waals surface area contributed by atoms with Crippen LogP contribution in [0.1, 0.15) is 174 Å². The van der Waals surface area contributed by atoms with Gasteiger partial charge in [0.15, 0.2) is 0 Å². The van der Waals surface area contributed by atoms with Crippen molar-refractivity contribution in [3.63, 3.8) is 0 Å². The molecular weight excluding hydrogens is 1160 g/mol. The van der Waals surface area contributed by atoms with Gasteiger partial charge < -0.3 is 71.1 Å². The number of hydrogen-bond acceptors (Lipinski definition) is 18. The van der Waals surface area contributed by atoms with Gasteiger partial charge >= 0.3 is 17.9 Å². The van der Waals surface area contributed by atoms with Crippen molar-refractivity contribution >= 4 is 17.9 Å². The number of epoxide rings is 8. The molecule has 18 heteroatoms. The Balaban J connectivity index is 0.000000112. The van der Waals surface area contributed by atoms with Crippen LogP contribution >= 0.6 is 0 Å². The number of carbonyl (C=O) groups excluding carboxylic acids is 3. The Hall–Kier alpha value is -3.95. The molecule has 2 aromatic rings. The van der Waals surface area contributed by atoms with Gasteiger partial charge in [0, 0.05) is 5.41 Å². The highest BCUT2D eigenvalue weighted by Crippen LogP contribution is 2.50. The predicted octanol–water partition coefficient (Wildman–Crippen LogP) is 10.8. The van der Waals surface area contributed by atoms with Crippen LogP contribution in [-0.2, 0) is 81.4 Å². The van der Waals surface area contributed by atoms with Crippen molar-refractivity contribution in [3.8, 4) is 11.5 Å². The van der Waals surface area contributed by atoms with E-state index in [1.807, 2.05) is 24.3 Å². The molecule has 0 bridgehead atoms. The van der Waals surface area contributed by atoms with Crippen molar-refractivity contribution in [1.82, 2.24) is 0 Å². The number of esters is 3. The summed E-state index contributed by atoms with van der Waals surface area (Å²) >= 11 is 0. The summed E-state index contributed by atoms with van der Waals surface area (Å²) < 4.78 is 82.1. The van der Waals surface area contributed by atoms with Gasteiger partial charge in [0.25, 0.3) is 0 Å². The minimum absolute atomic E-state index is 0.00258. The monoisotopic (exact) mass is 1270 g/mol. The summed E-state index contributed by atoms with van der Waals surface area (Å²) in [6.07, 6.45) is 28.1. The molecule has 0 aromatic heterocycles. The summed E-state index contributed by atoms with van der Waals surface area (Å²) in [6, 6.07) is 16.7. The molecule has 6 saturated carbocycles. The van der Waals surface area contributed by atoms with Crippen molar-refractivity contribution in [2.75, 3.05) is 72.7 Å². The van der Waals surface area contributed by atoms with Crippen molar-refractivity contribution in [2.24, 2.45) is 40.9 Å². The molecule has 91 heavy (non-hydrogen) atoms. The van der Waals surface area contributed by atoms with E-state index in [1.165, 1.54) is 62.5 Å². The van der Waals surface area contributed by atoms with Crippen molar-refractivity contribution in [1.29, 1.82) is 0 Å². The summed E-state index contributed by atoms with van der Waals surface area (Å²) in [7, 11) is 0. The molecule has 0 radical (unpaired) electrons. The van der Waals surface area contributed by atoms with E-state index in [0.717, 1.165) is 140 Å². The number of hydrogen-bond donors (Lipinski definition) is 0. The maximum atomic E-state index is 12.0. The topological polar surface area (TPSA) is 216 Å². The van der Waals surface area contributed by atoms with E-state index >= 15 is 0 Å². The molecule has 0 N–H and O–H groups in total. The second-order valence-corrected chi connectivity index (χ2v) is 30.1. The SMILES string of the molecule is CC(C)(C1CCC(OCC2CO2)CC1)C1CCC(OCC2CO2)CC1.CC(C)(c1ccc(OCC2CO2)cc1)c1ccc(OCC2CO2)cc1.O=C(CC(=O)OCC1CCC2OC2C1)OCC1CCC2OC2C1.O=C(OCC1CCC2OC2C1)C1CCC2OC2C1. The molecule has 8 heterocycles. The van der Waals surface area contributed by atoms with Gasteiger partial charge in [-0.15, -0.1) is 0 Å². The summed E-state index contributed by atoms with van der Waals surface area (Å²) in [5.41, 5.74) is 2.87. The van der Waals surface area contributed by atoms with Crippen LogP contribution in [0, 0.1) is 40.9 Å². The zero-order valence-electron chi connectivity index (χ0n) is 54.6. The lowest BCUT2D eigenvalue weighted by atomic mass is 9.60. The van der Waals surface area contributed by atoms with E-state index in [-0.39, 0.29) is 35.9 Å². The van der Waals surface area contributed by atoms with Crippen LogP contribution in [0.3, 0.4) is 0 Å². The molecule has 6 aliphatic carbocycles. The van der Waals surface area contributed by atoms with Crippen LogP contribution in [0.5, 0.6) is 11.5 Å². The minimum Gasteiger partial charge on any atom is -0.491 e. The largest absolute Gasteiger partial charge is 0.491 e. The smallest absolute Gasteiger partial charge is 0.317 e. The van der Waals surface area contributed by atoms with E-state index in [4.69, 9.17) is 71.1 Å². The number of ether oxygens (including phenoxy) is 15. The minimum atomic E-state index is -0.483. The van der Waals surface area contributed by atoms with Crippen LogP contribution in [0.2, 0.25) is 0 Å². The third kappa shape index (κ3) is 19.8. The van der Waals surface area contributed by atoms with Crippen LogP contribution in [0.25, 0.3) is 0 Å². The highest BCUT2D eigenvalue weighted by Gasteiger charge is 2.49. The van der Waals surface area contributed by atoms with Gasteiger partial charge in [-0.3, -0.25) is 14.4 Å². The van der Waals surface area contributed by atoms with Gasteiger partial charge in [-0.1, -0.05) is 52.0 Å². The molecule has 504 valence electrons. The normalized spacial score (nSPS) is 37.3. The highest BCUT2D eigenvalue weighted by atomic mass is 16.6. The first-order chi connectivity index (χ1) is 44.2. The Labute approximate surface area is 539 Å². The van der Waals surface area contributed by atoms with Gasteiger partial charge in [-0.2, -0.15) is 0 Å². The Morgan fingerprint density at radius 1 is 0.396 bits per heavy atom. The number of benzene rings is 2. The molecule has 16 rings (SSSR count). The number of carbonyl (C=O) groups is 3. The van der Waals surface area contributed by atoms with Crippen LogP contribution in [-0.4, -0.2) is 176 Å². The van der Waals surface area contributed by atoms with E-state index in [0.29, 0.717) is 129 Å². The zero-order valence-corrected chi connectivity index (χ0v) is 54.6. The van der Waals surface area contributed by atoms with E-state index in [1.54, 1.807) is 0 Å². The predicted molar refractivity (Wildman–Crippen MR) is 334 cm³/mol. The lowest BCUT2D eigenvalue weighted by Gasteiger charge is -2.46. The lowest BCUT2D eigenvalue weighted by Crippen LogP contribution is -2.39.